The van der Waals surface area contributed by atoms with E-state index in [-0.39, 0.29) is 17.9 Å². The highest BCUT2D eigenvalue weighted by atomic mass is 32.2. The summed E-state index contributed by atoms with van der Waals surface area (Å²) in [5, 5.41) is 2.19. The maximum atomic E-state index is 12.8. The molecule has 2 aromatic carbocycles. The highest BCUT2D eigenvalue weighted by molar-refractivity contribution is 7.89. The van der Waals surface area contributed by atoms with Gasteiger partial charge >= 0.3 is 0 Å². The lowest BCUT2D eigenvalue weighted by atomic mass is 9.86. The Hall–Kier alpha value is -2.93. The average Bonchev–Trinajstić information content (AvgIpc) is 2.64. The van der Waals surface area contributed by atoms with E-state index in [1.807, 2.05) is 67.1 Å². The van der Waals surface area contributed by atoms with Crippen molar-refractivity contribution in [1.29, 1.82) is 0 Å². The number of pyridine rings is 1. The first-order valence-corrected chi connectivity index (χ1v) is 11.3. The molecule has 29 heavy (non-hydrogen) atoms. The number of H-pyrrole nitrogens is 1. The first kappa shape index (κ1) is 20.8. The number of benzene rings is 2. The maximum absolute atomic E-state index is 12.8. The van der Waals surface area contributed by atoms with Gasteiger partial charge in [-0.15, -0.1) is 0 Å². The summed E-state index contributed by atoms with van der Waals surface area (Å²) in [6.07, 6.45) is 0.851. The molecule has 0 aliphatic carbocycles. The highest BCUT2D eigenvalue weighted by Crippen LogP contribution is 2.27. The van der Waals surface area contributed by atoms with Crippen LogP contribution in [0.1, 0.15) is 31.7 Å². The SMILES string of the molecule is CC(C)C(CC(=O)NS(C)(=O)=O)c1ccc(-c2ccc3ccccc3c2)[nH]c1=O. The van der Waals surface area contributed by atoms with Gasteiger partial charge in [-0.05, 0) is 34.4 Å². The fourth-order valence-electron chi connectivity index (χ4n) is 3.46. The van der Waals surface area contributed by atoms with Crippen LogP contribution in [-0.4, -0.2) is 25.6 Å². The minimum Gasteiger partial charge on any atom is -0.322 e. The predicted octanol–water partition coefficient (Wildman–Crippen LogP) is 3.40. The Morgan fingerprint density at radius 3 is 2.34 bits per heavy atom. The van der Waals surface area contributed by atoms with Crippen LogP contribution in [0.15, 0.2) is 59.4 Å². The zero-order chi connectivity index (χ0) is 21.2. The number of fused-ring (bicyclic) bond motifs is 1. The van der Waals surface area contributed by atoms with Gasteiger partial charge in [0.2, 0.25) is 15.9 Å². The molecule has 1 heterocycles. The fourth-order valence-corrected chi connectivity index (χ4v) is 3.95. The molecule has 0 aliphatic heterocycles. The topological polar surface area (TPSA) is 96.1 Å². The molecule has 0 saturated heterocycles. The summed E-state index contributed by atoms with van der Waals surface area (Å²) in [6.45, 7) is 3.80. The van der Waals surface area contributed by atoms with Gasteiger partial charge in [0, 0.05) is 23.6 Å². The zero-order valence-corrected chi connectivity index (χ0v) is 17.4. The van der Waals surface area contributed by atoms with Gasteiger partial charge in [0.1, 0.15) is 0 Å². The van der Waals surface area contributed by atoms with Crippen LogP contribution in [0.3, 0.4) is 0 Å². The number of carbonyl (C=O) groups excluding carboxylic acids is 1. The lowest BCUT2D eigenvalue weighted by Gasteiger charge is -2.20. The quantitative estimate of drug-likeness (QED) is 0.649. The van der Waals surface area contributed by atoms with Gasteiger partial charge in [-0.2, -0.15) is 0 Å². The van der Waals surface area contributed by atoms with Crippen LogP contribution in [0.25, 0.3) is 22.0 Å². The van der Waals surface area contributed by atoms with E-state index in [1.54, 1.807) is 6.07 Å². The Morgan fingerprint density at radius 2 is 1.72 bits per heavy atom. The van der Waals surface area contributed by atoms with Crippen molar-refractivity contribution in [1.82, 2.24) is 9.71 Å². The number of sulfonamides is 1. The lowest BCUT2D eigenvalue weighted by molar-refractivity contribution is -0.119. The van der Waals surface area contributed by atoms with Gasteiger partial charge in [0.05, 0.1) is 6.26 Å². The second-order valence-electron chi connectivity index (χ2n) is 7.57. The fraction of sp³-hybridized carbons (Fsp3) is 0.273. The van der Waals surface area contributed by atoms with E-state index in [0.29, 0.717) is 11.3 Å². The number of rotatable bonds is 6. The van der Waals surface area contributed by atoms with Crippen molar-refractivity contribution in [2.75, 3.05) is 6.26 Å². The Bertz CT molecular complexity index is 1210. The molecule has 0 spiro atoms. The summed E-state index contributed by atoms with van der Waals surface area (Å²) < 4.78 is 24.6. The van der Waals surface area contributed by atoms with Crippen LogP contribution in [0.2, 0.25) is 0 Å². The van der Waals surface area contributed by atoms with Crippen LogP contribution in [0.5, 0.6) is 0 Å². The van der Waals surface area contributed by atoms with Crippen LogP contribution in [0, 0.1) is 5.92 Å². The molecule has 1 aromatic heterocycles. The molecule has 0 aliphatic rings. The monoisotopic (exact) mass is 412 g/mol. The smallest absolute Gasteiger partial charge is 0.251 e. The third-order valence-electron chi connectivity index (χ3n) is 4.91. The molecular formula is C22H24N2O4S. The van der Waals surface area contributed by atoms with Crippen LogP contribution in [-0.2, 0) is 14.8 Å². The Labute approximate surface area is 170 Å². The number of carbonyl (C=O) groups is 1. The third-order valence-corrected chi connectivity index (χ3v) is 5.51. The van der Waals surface area contributed by atoms with E-state index in [1.165, 1.54) is 0 Å². The van der Waals surface area contributed by atoms with Gasteiger partial charge in [-0.1, -0.05) is 56.3 Å². The van der Waals surface area contributed by atoms with E-state index in [9.17, 15) is 18.0 Å². The number of amides is 1. The second kappa shape index (κ2) is 8.21. The second-order valence-corrected chi connectivity index (χ2v) is 9.32. The molecule has 0 saturated carbocycles. The number of hydrogen-bond donors (Lipinski definition) is 2. The van der Waals surface area contributed by atoms with E-state index in [4.69, 9.17) is 0 Å². The highest BCUT2D eigenvalue weighted by Gasteiger charge is 2.23. The normalized spacial score (nSPS) is 12.8. The van der Waals surface area contributed by atoms with E-state index >= 15 is 0 Å². The largest absolute Gasteiger partial charge is 0.322 e. The van der Waals surface area contributed by atoms with Crippen molar-refractivity contribution in [3.63, 3.8) is 0 Å². The van der Waals surface area contributed by atoms with Crippen LogP contribution in [0.4, 0.5) is 0 Å². The molecule has 3 rings (SSSR count). The van der Waals surface area contributed by atoms with Crippen molar-refractivity contribution < 1.29 is 13.2 Å². The Morgan fingerprint density at radius 1 is 1.03 bits per heavy atom. The lowest BCUT2D eigenvalue weighted by Crippen LogP contribution is -2.32. The summed E-state index contributed by atoms with van der Waals surface area (Å²) in [5.74, 6) is -1.04. The molecular weight excluding hydrogens is 388 g/mol. The summed E-state index contributed by atoms with van der Waals surface area (Å²) in [4.78, 5) is 27.8. The summed E-state index contributed by atoms with van der Waals surface area (Å²) in [6, 6.07) is 17.5. The Balaban J connectivity index is 1.91. The summed E-state index contributed by atoms with van der Waals surface area (Å²) in [7, 11) is -3.63. The van der Waals surface area contributed by atoms with Crippen molar-refractivity contribution in [3.8, 4) is 11.3 Å². The zero-order valence-electron chi connectivity index (χ0n) is 16.6. The third kappa shape index (κ3) is 5.12. The number of nitrogens with one attached hydrogen (secondary N) is 2. The van der Waals surface area contributed by atoms with Crippen molar-refractivity contribution in [2.45, 2.75) is 26.2 Å². The van der Waals surface area contributed by atoms with Crippen LogP contribution < -0.4 is 10.3 Å². The van der Waals surface area contributed by atoms with Crippen LogP contribution >= 0.6 is 0 Å². The molecule has 7 heteroatoms. The molecule has 1 atom stereocenters. The molecule has 2 N–H and O–H groups in total. The maximum Gasteiger partial charge on any atom is 0.251 e. The summed E-state index contributed by atoms with van der Waals surface area (Å²) >= 11 is 0. The van der Waals surface area contributed by atoms with Gasteiger partial charge < -0.3 is 4.98 Å². The summed E-state index contributed by atoms with van der Waals surface area (Å²) in [5.41, 5.74) is 1.77. The van der Waals surface area contributed by atoms with Gasteiger partial charge in [0.25, 0.3) is 5.56 Å². The predicted molar refractivity (Wildman–Crippen MR) is 115 cm³/mol. The number of aromatic amines is 1. The van der Waals surface area contributed by atoms with Gasteiger partial charge in [0.15, 0.2) is 0 Å². The molecule has 3 aromatic rings. The van der Waals surface area contributed by atoms with E-state index < -0.39 is 21.8 Å². The molecule has 0 fully saturated rings. The molecule has 6 nitrogen and oxygen atoms in total. The first-order valence-electron chi connectivity index (χ1n) is 9.37. The minimum atomic E-state index is -3.63. The first-order chi connectivity index (χ1) is 13.6. The van der Waals surface area contributed by atoms with Crippen molar-refractivity contribution >= 4 is 26.7 Å². The molecule has 152 valence electrons. The minimum absolute atomic E-state index is 0.0204. The average molecular weight is 413 g/mol. The standard InChI is InChI=1S/C22H24N2O4S/c1-14(2)19(13-21(25)24-29(3,27)28)18-10-11-20(23-22(18)26)17-9-8-15-6-4-5-7-16(15)12-17/h4-12,14,19H,13H2,1-3H3,(H,23,26)(H,24,25). The van der Waals surface area contributed by atoms with Gasteiger partial charge in [-0.3, -0.25) is 14.3 Å². The molecule has 0 bridgehead atoms. The number of hydrogen-bond acceptors (Lipinski definition) is 4. The van der Waals surface area contributed by atoms with E-state index in [0.717, 1.165) is 22.6 Å². The molecule has 1 amide bonds. The molecule has 0 radical (unpaired) electrons. The molecule has 1 unspecified atom stereocenters. The Kier molecular flexibility index (Phi) is 5.88. The van der Waals surface area contributed by atoms with Gasteiger partial charge in [-0.25, -0.2) is 8.42 Å². The van der Waals surface area contributed by atoms with E-state index in [2.05, 4.69) is 4.98 Å². The van der Waals surface area contributed by atoms with Crippen molar-refractivity contribution in [2.24, 2.45) is 5.92 Å². The van der Waals surface area contributed by atoms with Crippen molar-refractivity contribution in [3.05, 3.63) is 70.5 Å². The number of aromatic nitrogens is 1.